The molecule has 0 aliphatic carbocycles. The van der Waals surface area contributed by atoms with Gasteiger partial charge in [-0.15, -0.1) is 0 Å². The summed E-state index contributed by atoms with van der Waals surface area (Å²) in [6, 6.07) is 6.95. The normalized spacial score (nSPS) is 12.1. The minimum atomic E-state index is -0.757. The summed E-state index contributed by atoms with van der Waals surface area (Å²) in [6.45, 7) is 5.91. The molecule has 0 bridgehead atoms. The number of hydrogen-bond donors (Lipinski definition) is 2. The van der Waals surface area contributed by atoms with Gasteiger partial charge in [0.15, 0.2) is 6.10 Å². The summed E-state index contributed by atoms with van der Waals surface area (Å²) in [4.78, 5) is 23.2. The average Bonchev–Trinajstić information content (AvgIpc) is 2.55. The lowest BCUT2D eigenvalue weighted by atomic mass is 10.3. The van der Waals surface area contributed by atoms with Crippen LogP contribution in [-0.2, 0) is 9.59 Å². The summed E-state index contributed by atoms with van der Waals surface area (Å²) in [7, 11) is 0. The second-order valence-corrected chi connectivity index (χ2v) is 4.53. The van der Waals surface area contributed by atoms with Crippen LogP contribution in [0.15, 0.2) is 48.6 Å². The molecule has 1 atom stereocenters. The lowest BCUT2D eigenvalue weighted by Crippen LogP contribution is -2.46. The number of nitrogens with one attached hydrogen (secondary N) is 2. The number of carbonyl (C=O) groups excluding carboxylic acids is 2. The van der Waals surface area contributed by atoms with E-state index >= 15 is 0 Å². The smallest absolute Gasteiger partial charge is 0.279 e. The van der Waals surface area contributed by atoms with E-state index in [9.17, 15) is 9.59 Å². The van der Waals surface area contributed by atoms with E-state index in [2.05, 4.69) is 10.9 Å². The summed E-state index contributed by atoms with van der Waals surface area (Å²) < 4.78 is 10.8. The third-order valence-corrected chi connectivity index (χ3v) is 2.68. The van der Waals surface area contributed by atoms with E-state index in [1.807, 2.05) is 13.8 Å². The highest BCUT2D eigenvalue weighted by Crippen LogP contribution is 2.18. The third kappa shape index (κ3) is 7.17. The van der Waals surface area contributed by atoms with Crippen molar-refractivity contribution < 1.29 is 19.1 Å². The number of hydrogen-bond acceptors (Lipinski definition) is 4. The van der Waals surface area contributed by atoms with E-state index in [4.69, 9.17) is 9.47 Å². The van der Waals surface area contributed by atoms with Gasteiger partial charge in [0.2, 0.25) is 0 Å². The molecule has 0 aliphatic rings. The minimum Gasteiger partial charge on any atom is -0.494 e. The highest BCUT2D eigenvalue weighted by atomic mass is 16.5. The summed E-state index contributed by atoms with van der Waals surface area (Å²) in [5.74, 6) is 0.393. The van der Waals surface area contributed by atoms with Crippen LogP contribution in [0.1, 0.15) is 20.8 Å². The van der Waals surface area contributed by atoms with Gasteiger partial charge in [-0.2, -0.15) is 0 Å². The zero-order valence-corrected chi connectivity index (χ0v) is 13.5. The minimum absolute atomic E-state index is 0.426. The van der Waals surface area contributed by atoms with Gasteiger partial charge in [-0.1, -0.05) is 18.2 Å². The first kappa shape index (κ1) is 18.3. The quantitative estimate of drug-likeness (QED) is 0.459. The maximum atomic E-state index is 11.8. The summed E-state index contributed by atoms with van der Waals surface area (Å²) in [5, 5.41) is 0. The van der Waals surface area contributed by atoms with Crippen molar-refractivity contribution in [2.24, 2.45) is 0 Å². The Kier molecular flexibility index (Phi) is 7.99. The predicted molar refractivity (Wildman–Crippen MR) is 87.9 cm³/mol. The molecule has 23 heavy (non-hydrogen) atoms. The molecule has 1 aromatic rings. The molecule has 0 unspecified atom stereocenters. The fourth-order valence-corrected chi connectivity index (χ4v) is 1.56. The van der Waals surface area contributed by atoms with E-state index in [-0.39, 0.29) is 0 Å². The Morgan fingerprint density at radius 2 is 1.78 bits per heavy atom. The van der Waals surface area contributed by atoms with E-state index in [1.165, 1.54) is 6.08 Å². The maximum absolute atomic E-state index is 11.8. The van der Waals surface area contributed by atoms with Gasteiger partial charge in [-0.05, 0) is 45.0 Å². The molecule has 1 aromatic carbocycles. The second-order valence-electron chi connectivity index (χ2n) is 4.53. The second kappa shape index (κ2) is 10.0. The fraction of sp³-hybridized carbons (Fsp3) is 0.294. The molecule has 0 saturated carbocycles. The van der Waals surface area contributed by atoms with Crippen LogP contribution in [0.25, 0.3) is 0 Å². The fourth-order valence-electron chi connectivity index (χ4n) is 1.56. The molecule has 0 aromatic heterocycles. The highest BCUT2D eigenvalue weighted by Gasteiger charge is 2.14. The number of hydrazine groups is 1. The van der Waals surface area contributed by atoms with Crippen LogP contribution in [0.2, 0.25) is 0 Å². The lowest BCUT2D eigenvalue weighted by molar-refractivity contribution is -0.131. The van der Waals surface area contributed by atoms with Crippen LogP contribution in [-0.4, -0.2) is 24.5 Å². The van der Waals surface area contributed by atoms with Crippen molar-refractivity contribution in [2.45, 2.75) is 26.9 Å². The Balaban J connectivity index is 2.42. The summed E-state index contributed by atoms with van der Waals surface area (Å²) >= 11 is 0. The van der Waals surface area contributed by atoms with Crippen molar-refractivity contribution in [1.82, 2.24) is 10.9 Å². The zero-order chi connectivity index (χ0) is 17.1. The van der Waals surface area contributed by atoms with Gasteiger partial charge >= 0.3 is 0 Å². The number of amides is 2. The maximum Gasteiger partial charge on any atom is 0.279 e. The molecule has 6 nitrogen and oxygen atoms in total. The van der Waals surface area contributed by atoms with Crippen LogP contribution in [0.5, 0.6) is 11.5 Å². The number of ether oxygens (including phenoxy) is 2. The molecular formula is C17H22N2O4. The molecule has 0 fully saturated rings. The topological polar surface area (TPSA) is 76.7 Å². The van der Waals surface area contributed by atoms with Gasteiger partial charge in [-0.25, -0.2) is 0 Å². The summed E-state index contributed by atoms with van der Waals surface area (Å²) in [5.41, 5.74) is 4.57. The molecular weight excluding hydrogens is 296 g/mol. The van der Waals surface area contributed by atoms with Crippen molar-refractivity contribution in [2.75, 3.05) is 6.61 Å². The van der Waals surface area contributed by atoms with Crippen LogP contribution in [0.4, 0.5) is 0 Å². The van der Waals surface area contributed by atoms with Gasteiger partial charge in [0.25, 0.3) is 11.8 Å². The number of benzene rings is 1. The van der Waals surface area contributed by atoms with Crippen molar-refractivity contribution in [3.63, 3.8) is 0 Å². The van der Waals surface area contributed by atoms with E-state index < -0.39 is 17.9 Å². The Hall–Kier alpha value is -2.76. The Morgan fingerprint density at radius 3 is 2.39 bits per heavy atom. The Morgan fingerprint density at radius 1 is 1.13 bits per heavy atom. The van der Waals surface area contributed by atoms with Gasteiger partial charge in [0.1, 0.15) is 11.5 Å². The molecule has 124 valence electrons. The average molecular weight is 318 g/mol. The van der Waals surface area contributed by atoms with Gasteiger partial charge in [0, 0.05) is 6.08 Å². The largest absolute Gasteiger partial charge is 0.494 e. The monoisotopic (exact) mass is 318 g/mol. The predicted octanol–water partition coefficient (Wildman–Crippen LogP) is 2.13. The van der Waals surface area contributed by atoms with Crippen LogP contribution in [0, 0.1) is 0 Å². The molecule has 0 radical (unpaired) electrons. The molecule has 0 spiro atoms. The van der Waals surface area contributed by atoms with E-state index in [1.54, 1.807) is 49.4 Å². The SMILES string of the molecule is C/C=C/C=C/C(=O)NNC(=O)[C@H](C)Oc1ccc(OCC)cc1. The van der Waals surface area contributed by atoms with Gasteiger partial charge < -0.3 is 9.47 Å². The Labute approximate surface area is 136 Å². The van der Waals surface area contributed by atoms with E-state index in [0.717, 1.165) is 5.75 Å². The molecule has 0 heterocycles. The van der Waals surface area contributed by atoms with Crippen molar-refractivity contribution >= 4 is 11.8 Å². The van der Waals surface area contributed by atoms with Crippen molar-refractivity contribution in [3.05, 3.63) is 48.6 Å². The van der Waals surface area contributed by atoms with Crippen LogP contribution < -0.4 is 20.3 Å². The molecule has 1 rings (SSSR count). The van der Waals surface area contributed by atoms with Crippen LogP contribution in [0.3, 0.4) is 0 Å². The van der Waals surface area contributed by atoms with Crippen LogP contribution >= 0.6 is 0 Å². The van der Waals surface area contributed by atoms with Gasteiger partial charge in [-0.3, -0.25) is 20.4 Å². The van der Waals surface area contributed by atoms with Crippen molar-refractivity contribution in [1.29, 1.82) is 0 Å². The molecule has 6 heteroatoms. The zero-order valence-electron chi connectivity index (χ0n) is 13.5. The third-order valence-electron chi connectivity index (χ3n) is 2.68. The molecule has 0 aliphatic heterocycles. The van der Waals surface area contributed by atoms with Crippen molar-refractivity contribution in [3.8, 4) is 11.5 Å². The Bertz CT molecular complexity index is 564. The van der Waals surface area contributed by atoms with Gasteiger partial charge in [0.05, 0.1) is 6.61 Å². The first-order chi connectivity index (χ1) is 11.1. The number of carbonyl (C=O) groups is 2. The highest BCUT2D eigenvalue weighted by molar-refractivity contribution is 5.90. The van der Waals surface area contributed by atoms with E-state index in [0.29, 0.717) is 12.4 Å². The summed E-state index contributed by atoms with van der Waals surface area (Å²) in [6.07, 6.45) is 5.61. The molecule has 2 amide bonds. The standard InChI is InChI=1S/C17H22N2O4/c1-4-6-7-8-16(20)18-19-17(21)13(3)23-15-11-9-14(10-12-15)22-5-2/h4,6-13H,5H2,1-3H3,(H,18,20)(H,19,21)/b6-4+,8-7+/t13-/m0/s1. The lowest BCUT2D eigenvalue weighted by Gasteiger charge is -2.15. The molecule has 2 N–H and O–H groups in total. The first-order valence-electron chi connectivity index (χ1n) is 7.35. The first-order valence-corrected chi connectivity index (χ1v) is 7.35. The number of rotatable bonds is 7. The number of allylic oxidation sites excluding steroid dienone is 3. The molecule has 0 saturated heterocycles.